The Kier molecular flexibility index (Phi) is 4.75. The number of pyridine rings is 3. The van der Waals surface area contributed by atoms with Crippen LogP contribution in [0, 0.1) is 0 Å². The van der Waals surface area contributed by atoms with Gasteiger partial charge in [-0.3, -0.25) is 9.38 Å². The van der Waals surface area contributed by atoms with Gasteiger partial charge in [0.05, 0.1) is 39.3 Å². The lowest BCUT2D eigenvalue weighted by Gasteiger charge is -2.13. The van der Waals surface area contributed by atoms with E-state index in [2.05, 4.69) is 134 Å². The lowest BCUT2D eigenvalue weighted by atomic mass is 10.0. The summed E-state index contributed by atoms with van der Waals surface area (Å²) < 4.78 is 7.03. The quantitative estimate of drug-likeness (QED) is 0.186. The Balaban J connectivity index is 1.44. The first-order valence-corrected chi connectivity index (χ1v) is 15.8. The molecule has 5 aromatic carbocycles. The van der Waals surface area contributed by atoms with Crippen LogP contribution in [-0.4, -0.2) is 28.5 Å². The first-order chi connectivity index (χ1) is 23.4. The summed E-state index contributed by atoms with van der Waals surface area (Å²) in [6.45, 7) is 0. The van der Waals surface area contributed by atoms with Crippen LogP contribution in [-0.2, 0) is 0 Å². The van der Waals surface area contributed by atoms with E-state index in [1.165, 1.54) is 38.1 Å². The van der Waals surface area contributed by atoms with Crippen molar-refractivity contribution < 1.29 is 0 Å². The number of rotatable bonds is 2. The van der Waals surface area contributed by atoms with Crippen LogP contribution in [0.15, 0.2) is 146 Å². The van der Waals surface area contributed by atoms with Crippen molar-refractivity contribution in [3.63, 3.8) is 0 Å². The molecule has 47 heavy (non-hydrogen) atoms. The number of imidazole rings is 1. The molecule has 0 aliphatic rings. The van der Waals surface area contributed by atoms with Crippen molar-refractivity contribution >= 4 is 82.1 Å². The van der Waals surface area contributed by atoms with Gasteiger partial charge in [-0.15, -0.1) is 0 Å². The summed E-state index contributed by atoms with van der Waals surface area (Å²) in [6.07, 6.45) is 5.55. The Labute approximate surface area is 267 Å². The normalized spacial score (nSPS) is 12.3. The van der Waals surface area contributed by atoms with Gasteiger partial charge < -0.3 is 9.13 Å². The van der Waals surface area contributed by atoms with Crippen molar-refractivity contribution in [1.82, 2.24) is 28.5 Å². The van der Waals surface area contributed by atoms with E-state index in [4.69, 9.17) is 9.97 Å². The van der Waals surface area contributed by atoms with Crippen molar-refractivity contribution in [2.24, 2.45) is 0 Å². The van der Waals surface area contributed by atoms with E-state index in [0.717, 1.165) is 55.4 Å². The molecule has 6 heterocycles. The van der Waals surface area contributed by atoms with E-state index in [1.807, 2.05) is 24.5 Å². The Morgan fingerprint density at radius 1 is 0.426 bits per heavy atom. The van der Waals surface area contributed by atoms with Crippen molar-refractivity contribution in [2.75, 3.05) is 0 Å². The standard InChI is InChI=1S/C41H24N6/c1-3-10-25(11-4-1)45-33-16-8-7-14-29(33)37-34(45)20-19-28-27-17-18-31-36(38(27)46(39(28)37)26-12-5-2-6-13-26)30-15-9-22-43-40(30)47-35-24-42-23-21-32(35)44-41(31)47/h1-24H. The van der Waals surface area contributed by atoms with Crippen molar-refractivity contribution in [3.8, 4) is 11.4 Å². The first kappa shape index (κ1) is 24.8. The average Bonchev–Trinajstić information content (AvgIpc) is 3.80. The highest BCUT2D eigenvalue weighted by molar-refractivity contribution is 6.32. The van der Waals surface area contributed by atoms with Crippen LogP contribution in [0.4, 0.5) is 0 Å². The molecule has 0 N–H and O–H groups in total. The third-order valence-electron chi connectivity index (χ3n) is 9.72. The van der Waals surface area contributed by atoms with Gasteiger partial charge in [-0.1, -0.05) is 66.7 Å². The molecule has 6 nitrogen and oxygen atoms in total. The second kappa shape index (κ2) is 9.02. The molecule has 0 radical (unpaired) electrons. The molecular weight excluding hydrogens is 576 g/mol. The summed E-state index contributed by atoms with van der Waals surface area (Å²) in [5, 5.41) is 8.16. The second-order valence-electron chi connectivity index (χ2n) is 12.1. The molecule has 11 rings (SSSR count). The van der Waals surface area contributed by atoms with Crippen LogP contribution in [0.2, 0.25) is 0 Å². The minimum Gasteiger partial charge on any atom is -0.309 e. The highest BCUT2D eigenvalue weighted by Crippen LogP contribution is 2.45. The molecule has 0 spiro atoms. The van der Waals surface area contributed by atoms with E-state index in [0.29, 0.717) is 0 Å². The SMILES string of the molecule is c1ccc(-n2c3ccccc3c3c2ccc2c4ccc5c(c6cccnc6n6c7cnccc7nc56)c4n(-c4ccccc4)c23)cc1. The van der Waals surface area contributed by atoms with Crippen LogP contribution in [0.25, 0.3) is 93.5 Å². The van der Waals surface area contributed by atoms with Gasteiger partial charge in [0.15, 0.2) is 0 Å². The van der Waals surface area contributed by atoms with E-state index in [-0.39, 0.29) is 0 Å². The molecule has 0 saturated carbocycles. The molecule has 11 aromatic rings. The highest BCUT2D eigenvalue weighted by Gasteiger charge is 2.24. The summed E-state index contributed by atoms with van der Waals surface area (Å²) in [6, 6.07) is 45.5. The number of benzene rings is 5. The average molecular weight is 601 g/mol. The first-order valence-electron chi connectivity index (χ1n) is 15.8. The Hall–Kier alpha value is -6.53. The lowest BCUT2D eigenvalue weighted by molar-refractivity contribution is 1.18. The molecule has 0 fully saturated rings. The highest BCUT2D eigenvalue weighted by atomic mass is 15.1. The zero-order valence-corrected chi connectivity index (χ0v) is 25.0. The maximum absolute atomic E-state index is 5.15. The Morgan fingerprint density at radius 3 is 1.91 bits per heavy atom. The molecule has 0 amide bonds. The van der Waals surface area contributed by atoms with E-state index in [9.17, 15) is 0 Å². The van der Waals surface area contributed by atoms with Gasteiger partial charge in [-0.25, -0.2) is 9.97 Å². The molecule has 218 valence electrons. The minimum atomic E-state index is 0.869. The fourth-order valence-corrected chi connectivity index (χ4v) is 7.88. The topological polar surface area (TPSA) is 52.9 Å². The monoisotopic (exact) mass is 600 g/mol. The van der Waals surface area contributed by atoms with Crippen LogP contribution >= 0.6 is 0 Å². The van der Waals surface area contributed by atoms with Gasteiger partial charge in [-0.2, -0.15) is 0 Å². The number of fused-ring (bicyclic) bond motifs is 16. The molecule has 0 aliphatic heterocycles. The molecule has 6 aromatic heterocycles. The van der Waals surface area contributed by atoms with Gasteiger partial charge in [0.1, 0.15) is 11.3 Å². The molecule has 0 aliphatic carbocycles. The number of hydrogen-bond donors (Lipinski definition) is 0. The van der Waals surface area contributed by atoms with Crippen LogP contribution in [0.5, 0.6) is 0 Å². The number of aromatic nitrogens is 6. The number of nitrogens with zero attached hydrogens (tertiary/aromatic N) is 6. The third kappa shape index (κ3) is 3.16. The number of hydrogen-bond acceptors (Lipinski definition) is 3. The van der Waals surface area contributed by atoms with E-state index in [1.54, 1.807) is 6.20 Å². The predicted molar refractivity (Wildman–Crippen MR) is 192 cm³/mol. The maximum atomic E-state index is 5.15. The summed E-state index contributed by atoms with van der Waals surface area (Å²) >= 11 is 0. The van der Waals surface area contributed by atoms with Gasteiger partial charge >= 0.3 is 0 Å². The van der Waals surface area contributed by atoms with Gasteiger partial charge in [0, 0.05) is 61.5 Å². The zero-order valence-electron chi connectivity index (χ0n) is 25.0. The lowest BCUT2D eigenvalue weighted by Crippen LogP contribution is -1.98. The fraction of sp³-hybridized carbons (Fsp3) is 0. The van der Waals surface area contributed by atoms with E-state index < -0.39 is 0 Å². The molecule has 0 unspecified atom stereocenters. The molecular formula is C41H24N6. The van der Waals surface area contributed by atoms with Crippen molar-refractivity contribution in [3.05, 3.63) is 146 Å². The zero-order chi connectivity index (χ0) is 30.6. The fourth-order valence-electron chi connectivity index (χ4n) is 7.88. The van der Waals surface area contributed by atoms with Crippen molar-refractivity contribution in [1.29, 1.82) is 0 Å². The van der Waals surface area contributed by atoms with Gasteiger partial charge in [-0.05, 0) is 60.7 Å². The Bertz CT molecular complexity index is 3060. The summed E-state index contributed by atoms with van der Waals surface area (Å²) in [4.78, 5) is 14.5. The van der Waals surface area contributed by atoms with Crippen LogP contribution < -0.4 is 0 Å². The van der Waals surface area contributed by atoms with Crippen LogP contribution in [0.3, 0.4) is 0 Å². The van der Waals surface area contributed by atoms with Crippen LogP contribution in [0.1, 0.15) is 0 Å². The second-order valence-corrected chi connectivity index (χ2v) is 12.1. The molecule has 0 bridgehead atoms. The summed E-state index contributed by atoms with van der Waals surface area (Å²) in [7, 11) is 0. The maximum Gasteiger partial charge on any atom is 0.147 e. The minimum absolute atomic E-state index is 0.869. The molecule has 0 atom stereocenters. The number of para-hydroxylation sites is 3. The van der Waals surface area contributed by atoms with Gasteiger partial charge in [0.25, 0.3) is 0 Å². The van der Waals surface area contributed by atoms with Crippen molar-refractivity contribution in [2.45, 2.75) is 0 Å². The molecule has 0 saturated heterocycles. The predicted octanol–water partition coefficient (Wildman–Crippen LogP) is 9.78. The molecule has 6 heteroatoms. The largest absolute Gasteiger partial charge is 0.309 e. The van der Waals surface area contributed by atoms with E-state index >= 15 is 0 Å². The summed E-state index contributed by atoms with van der Waals surface area (Å²) in [5.41, 5.74) is 10.6. The summed E-state index contributed by atoms with van der Waals surface area (Å²) in [5.74, 6) is 0. The Morgan fingerprint density at radius 2 is 1.09 bits per heavy atom. The third-order valence-corrected chi connectivity index (χ3v) is 9.72. The van der Waals surface area contributed by atoms with Gasteiger partial charge in [0.2, 0.25) is 0 Å². The smallest absolute Gasteiger partial charge is 0.147 e.